The molecule has 26 heavy (non-hydrogen) atoms. The smallest absolute Gasteiger partial charge is 0.276 e. The lowest BCUT2D eigenvalue weighted by Gasteiger charge is -2.17. The molecule has 0 fully saturated rings. The largest absolute Gasteiger partial charge is 0.354 e. The number of hydrogen-bond donors (Lipinski definition) is 1. The van der Waals surface area contributed by atoms with Crippen molar-refractivity contribution in [1.82, 2.24) is 10.2 Å². The maximum Gasteiger partial charge on any atom is 0.276 e. The lowest BCUT2D eigenvalue weighted by molar-refractivity contribution is 0.102. The van der Waals surface area contributed by atoms with E-state index in [0.29, 0.717) is 23.1 Å². The van der Waals surface area contributed by atoms with Crippen LogP contribution in [0.4, 0.5) is 11.5 Å². The third-order valence-electron chi connectivity index (χ3n) is 4.05. The van der Waals surface area contributed by atoms with E-state index in [9.17, 15) is 4.79 Å². The number of nitrogens with one attached hydrogen (secondary N) is 1. The predicted molar refractivity (Wildman–Crippen MR) is 105 cm³/mol. The van der Waals surface area contributed by atoms with Crippen molar-refractivity contribution in [3.05, 3.63) is 82.5 Å². The minimum Gasteiger partial charge on any atom is -0.354 e. The summed E-state index contributed by atoms with van der Waals surface area (Å²) in [5, 5.41) is 11.6. The first-order chi connectivity index (χ1) is 12.5. The third-order valence-corrected chi connectivity index (χ3v) is 4.46. The number of carbonyl (C=O) groups is 1. The Labute approximate surface area is 157 Å². The fraction of sp³-hybridized carbons (Fsp3) is 0.150. The molecular weight excluding hydrogens is 348 g/mol. The second-order valence-corrected chi connectivity index (χ2v) is 6.39. The van der Waals surface area contributed by atoms with Crippen LogP contribution >= 0.6 is 11.6 Å². The molecule has 0 radical (unpaired) electrons. The lowest BCUT2D eigenvalue weighted by atomic mass is 10.2. The molecule has 2 aromatic carbocycles. The topological polar surface area (TPSA) is 58.1 Å². The molecule has 6 heteroatoms. The Morgan fingerprint density at radius 2 is 1.81 bits per heavy atom. The number of aromatic nitrogens is 2. The highest BCUT2D eigenvalue weighted by Crippen LogP contribution is 2.23. The molecule has 3 aromatic rings. The van der Waals surface area contributed by atoms with E-state index in [1.54, 1.807) is 30.3 Å². The minimum atomic E-state index is -0.319. The highest BCUT2D eigenvalue weighted by molar-refractivity contribution is 6.31. The van der Waals surface area contributed by atoms with Gasteiger partial charge < -0.3 is 10.2 Å². The van der Waals surface area contributed by atoms with Crippen molar-refractivity contribution in [3.63, 3.8) is 0 Å². The van der Waals surface area contributed by atoms with E-state index in [1.165, 1.54) is 5.56 Å². The number of carbonyl (C=O) groups excluding carboxylic acids is 1. The van der Waals surface area contributed by atoms with Gasteiger partial charge in [0.2, 0.25) is 0 Å². The van der Waals surface area contributed by atoms with Gasteiger partial charge in [0, 0.05) is 24.3 Å². The van der Waals surface area contributed by atoms with Crippen molar-refractivity contribution >= 4 is 29.0 Å². The zero-order valence-corrected chi connectivity index (χ0v) is 15.4. The van der Waals surface area contributed by atoms with Crippen LogP contribution in [0.5, 0.6) is 0 Å². The molecule has 132 valence electrons. The van der Waals surface area contributed by atoms with E-state index in [2.05, 4.69) is 27.6 Å². The molecule has 0 aliphatic carbocycles. The first kappa shape index (κ1) is 17.9. The molecule has 1 N–H and O–H groups in total. The van der Waals surface area contributed by atoms with E-state index in [-0.39, 0.29) is 11.6 Å². The van der Waals surface area contributed by atoms with Gasteiger partial charge in [-0.05, 0) is 42.3 Å². The molecule has 1 aromatic heterocycles. The van der Waals surface area contributed by atoms with Crippen LogP contribution in [0, 0.1) is 6.92 Å². The number of amides is 1. The summed E-state index contributed by atoms with van der Waals surface area (Å²) in [7, 11) is 1.94. The summed E-state index contributed by atoms with van der Waals surface area (Å²) >= 11 is 6.08. The molecule has 0 aliphatic rings. The highest BCUT2D eigenvalue weighted by atomic mass is 35.5. The van der Waals surface area contributed by atoms with Gasteiger partial charge in [-0.25, -0.2) is 0 Å². The monoisotopic (exact) mass is 366 g/mol. The van der Waals surface area contributed by atoms with Crippen molar-refractivity contribution in [2.75, 3.05) is 17.3 Å². The van der Waals surface area contributed by atoms with Crippen LogP contribution in [0.15, 0.2) is 60.7 Å². The van der Waals surface area contributed by atoms with Gasteiger partial charge in [-0.1, -0.05) is 48.0 Å². The Morgan fingerprint density at radius 3 is 2.50 bits per heavy atom. The van der Waals surface area contributed by atoms with Gasteiger partial charge in [0.25, 0.3) is 5.91 Å². The summed E-state index contributed by atoms with van der Waals surface area (Å²) in [6.07, 6.45) is 0. The van der Waals surface area contributed by atoms with Gasteiger partial charge >= 0.3 is 0 Å². The van der Waals surface area contributed by atoms with Crippen LogP contribution in [-0.2, 0) is 6.54 Å². The summed E-state index contributed by atoms with van der Waals surface area (Å²) < 4.78 is 0. The molecule has 3 rings (SSSR count). The first-order valence-corrected chi connectivity index (χ1v) is 8.57. The zero-order chi connectivity index (χ0) is 18.5. The summed E-state index contributed by atoms with van der Waals surface area (Å²) in [6, 6.07) is 18.9. The van der Waals surface area contributed by atoms with Gasteiger partial charge in [0.15, 0.2) is 11.5 Å². The minimum absolute atomic E-state index is 0.251. The predicted octanol–water partition coefficient (Wildman–Crippen LogP) is 4.33. The summed E-state index contributed by atoms with van der Waals surface area (Å²) in [6.45, 7) is 2.56. The average molecular weight is 367 g/mol. The molecule has 0 atom stereocenters. The van der Waals surface area contributed by atoms with E-state index in [4.69, 9.17) is 11.6 Å². The van der Waals surface area contributed by atoms with E-state index < -0.39 is 0 Å². The molecule has 0 spiro atoms. The average Bonchev–Trinajstić information content (AvgIpc) is 2.66. The maximum atomic E-state index is 12.4. The van der Waals surface area contributed by atoms with Crippen molar-refractivity contribution in [3.8, 4) is 0 Å². The van der Waals surface area contributed by atoms with Gasteiger partial charge in [-0.3, -0.25) is 4.79 Å². The Bertz CT molecular complexity index is 897. The second kappa shape index (κ2) is 7.97. The van der Waals surface area contributed by atoms with Crippen LogP contribution < -0.4 is 10.2 Å². The van der Waals surface area contributed by atoms with Crippen molar-refractivity contribution in [1.29, 1.82) is 0 Å². The maximum absolute atomic E-state index is 12.4. The molecule has 0 saturated heterocycles. The van der Waals surface area contributed by atoms with E-state index >= 15 is 0 Å². The quantitative estimate of drug-likeness (QED) is 0.730. The molecule has 0 saturated carbocycles. The summed E-state index contributed by atoms with van der Waals surface area (Å²) in [5.74, 6) is 0.379. The van der Waals surface area contributed by atoms with Crippen LogP contribution in [0.3, 0.4) is 0 Å². The number of benzene rings is 2. The van der Waals surface area contributed by atoms with E-state index in [1.807, 2.05) is 37.1 Å². The lowest BCUT2D eigenvalue weighted by Crippen LogP contribution is -2.20. The summed E-state index contributed by atoms with van der Waals surface area (Å²) in [5.41, 5.74) is 2.90. The Balaban J connectivity index is 1.68. The fourth-order valence-electron chi connectivity index (χ4n) is 2.52. The highest BCUT2D eigenvalue weighted by Gasteiger charge is 2.12. The fourth-order valence-corrected chi connectivity index (χ4v) is 2.69. The van der Waals surface area contributed by atoms with Gasteiger partial charge in [0.1, 0.15) is 0 Å². The summed E-state index contributed by atoms with van der Waals surface area (Å²) in [4.78, 5) is 14.4. The van der Waals surface area contributed by atoms with Gasteiger partial charge in [-0.2, -0.15) is 0 Å². The number of nitrogens with zero attached hydrogens (tertiary/aromatic N) is 3. The number of rotatable bonds is 5. The molecule has 1 amide bonds. The van der Waals surface area contributed by atoms with Crippen molar-refractivity contribution < 1.29 is 4.79 Å². The van der Waals surface area contributed by atoms with Crippen LogP contribution in [0.25, 0.3) is 0 Å². The molecular formula is C20H19ClN4O. The van der Waals surface area contributed by atoms with Crippen molar-refractivity contribution in [2.45, 2.75) is 13.5 Å². The van der Waals surface area contributed by atoms with Crippen molar-refractivity contribution in [2.24, 2.45) is 0 Å². The molecule has 0 bridgehead atoms. The molecule has 0 aliphatic heterocycles. The Hall–Kier alpha value is -2.92. The SMILES string of the molecule is Cc1c(Cl)cccc1NC(=O)c1ccc(N(C)Cc2ccccc2)nn1. The van der Waals surface area contributed by atoms with Gasteiger partial charge in [-0.15, -0.1) is 10.2 Å². The molecule has 5 nitrogen and oxygen atoms in total. The van der Waals surface area contributed by atoms with Crippen LogP contribution in [0.1, 0.15) is 21.6 Å². The third kappa shape index (κ3) is 4.18. The molecule has 0 unspecified atom stereocenters. The number of hydrogen-bond acceptors (Lipinski definition) is 4. The first-order valence-electron chi connectivity index (χ1n) is 8.20. The number of anilines is 2. The Kier molecular flexibility index (Phi) is 5.49. The number of halogens is 1. The van der Waals surface area contributed by atoms with Crippen LogP contribution in [-0.4, -0.2) is 23.2 Å². The molecule has 1 heterocycles. The zero-order valence-electron chi connectivity index (χ0n) is 14.6. The Morgan fingerprint density at radius 1 is 1.04 bits per heavy atom. The normalized spacial score (nSPS) is 10.4. The standard InChI is InChI=1S/C20H19ClN4O/c1-14-16(21)9-6-10-17(14)22-20(26)18-11-12-19(24-23-18)25(2)13-15-7-4-3-5-8-15/h3-12H,13H2,1-2H3,(H,22,26). The van der Waals surface area contributed by atoms with Crippen LogP contribution in [0.2, 0.25) is 5.02 Å². The van der Waals surface area contributed by atoms with E-state index in [0.717, 1.165) is 5.56 Å². The second-order valence-electron chi connectivity index (χ2n) is 5.98. The van der Waals surface area contributed by atoms with Gasteiger partial charge in [0.05, 0.1) is 0 Å².